The number of nitrogens with two attached hydrogens (primary N) is 2. The van der Waals surface area contributed by atoms with E-state index in [1.54, 1.807) is 18.3 Å². The molecule has 0 bridgehead atoms. The first-order valence-corrected chi connectivity index (χ1v) is 10.9. The maximum absolute atomic E-state index is 13.1. The Bertz CT molecular complexity index is 1520. The van der Waals surface area contributed by atoms with Crippen molar-refractivity contribution >= 4 is 51.6 Å². The number of carbonyl (C=O) groups is 1. The number of H-pyrrole nitrogens is 1. The minimum Gasteiger partial charge on any atom is -0.288 e. The Morgan fingerprint density at radius 2 is 1.50 bits per heavy atom. The quantitative estimate of drug-likeness (QED) is 0.0953. The highest BCUT2D eigenvalue weighted by atomic mass is 35.5. The van der Waals surface area contributed by atoms with Gasteiger partial charge in [-0.3, -0.25) is 21.6 Å². The Morgan fingerprint density at radius 1 is 0.861 bits per heavy atom. The highest BCUT2D eigenvalue weighted by molar-refractivity contribution is 6.35. The smallest absolute Gasteiger partial charge is 0.224 e. The van der Waals surface area contributed by atoms with Crippen LogP contribution in [0.2, 0.25) is 15.7 Å². The van der Waals surface area contributed by atoms with Crippen LogP contribution in [0.5, 0.6) is 0 Å². The van der Waals surface area contributed by atoms with Gasteiger partial charge in [0.1, 0.15) is 16.8 Å². The van der Waals surface area contributed by atoms with Crippen LogP contribution in [0.15, 0.2) is 60.9 Å². The molecule has 5 N–H and O–H groups in total. The minimum absolute atomic E-state index is 0.0502. The molecule has 5 aromatic rings. The lowest BCUT2D eigenvalue weighted by atomic mass is 10.1. The molecule has 0 aliphatic carbocycles. The van der Waals surface area contributed by atoms with Crippen LogP contribution in [0, 0.1) is 11.6 Å². The van der Waals surface area contributed by atoms with Gasteiger partial charge >= 0.3 is 0 Å². The molecule has 5 rings (SSSR count). The number of ketones is 1. The van der Waals surface area contributed by atoms with Crippen molar-refractivity contribution in [3.63, 3.8) is 0 Å². The number of nitrogens with zero attached hydrogens (tertiary/aromatic N) is 5. The van der Waals surface area contributed by atoms with Gasteiger partial charge in [0.2, 0.25) is 10.6 Å². The molecule has 0 atom stereocenters. The molecule has 0 amide bonds. The Labute approximate surface area is 217 Å². The van der Waals surface area contributed by atoms with Gasteiger partial charge in [-0.15, -0.1) is 0 Å². The van der Waals surface area contributed by atoms with Gasteiger partial charge < -0.3 is 0 Å². The average molecular weight is 552 g/mol. The summed E-state index contributed by atoms with van der Waals surface area (Å²) in [7, 11) is 0. The van der Waals surface area contributed by atoms with Crippen molar-refractivity contribution < 1.29 is 13.6 Å². The first-order valence-electron chi connectivity index (χ1n) is 9.76. The van der Waals surface area contributed by atoms with E-state index in [0.717, 1.165) is 6.07 Å². The van der Waals surface area contributed by atoms with Gasteiger partial charge in [-0.2, -0.15) is 10.1 Å². The second-order valence-electron chi connectivity index (χ2n) is 6.67. The number of hydrogen-bond donors (Lipinski definition) is 3. The number of hydrazine groups is 1. The summed E-state index contributed by atoms with van der Waals surface area (Å²) in [5.41, 5.74) is 2.10. The molecule has 14 heteroatoms. The maximum atomic E-state index is 13.1. The molecule has 2 aromatic carbocycles. The Kier molecular flexibility index (Phi) is 9.28. The zero-order valence-corrected chi connectivity index (χ0v) is 20.2. The third kappa shape index (κ3) is 6.53. The summed E-state index contributed by atoms with van der Waals surface area (Å²) in [6.07, 6.45) is 2.78. The maximum Gasteiger partial charge on any atom is 0.224 e. The highest BCUT2D eigenvalue weighted by Crippen LogP contribution is 2.25. The number of aromatic amines is 1. The molecule has 0 fully saturated rings. The number of nitrogens with one attached hydrogen (secondary N) is 1. The summed E-state index contributed by atoms with van der Waals surface area (Å²) in [4.78, 5) is 27.1. The fourth-order valence-corrected chi connectivity index (χ4v) is 3.45. The van der Waals surface area contributed by atoms with Crippen molar-refractivity contribution in [3.05, 3.63) is 99.4 Å². The van der Waals surface area contributed by atoms with Crippen LogP contribution in [0.3, 0.4) is 0 Å². The molecule has 0 aliphatic heterocycles. The molecule has 0 radical (unpaired) electrons. The van der Waals surface area contributed by atoms with E-state index >= 15 is 0 Å². The predicted octanol–water partition coefficient (Wildman–Crippen LogP) is 4.78. The lowest BCUT2D eigenvalue weighted by Gasteiger charge is -2.02. The van der Waals surface area contributed by atoms with E-state index in [0.29, 0.717) is 22.3 Å². The standard InChI is InChI=1S/C11H5Cl2FN2O.C11H6ClFN4.H4N2/c12-10-8(5-15-11(13)16-10)9(17)6-2-1-3-7(14)4-6;12-11-14-5-8-9(16-17-10(8)15-11)6-2-1-3-7(13)4-6;1-2/h1-5H;1-5H,(H,14,15,16,17);1-2H2. The first-order chi connectivity index (χ1) is 17.3. The van der Waals surface area contributed by atoms with Gasteiger partial charge in [0.25, 0.3) is 0 Å². The summed E-state index contributed by atoms with van der Waals surface area (Å²) in [5, 5.41) is 7.55. The van der Waals surface area contributed by atoms with E-state index in [1.807, 2.05) is 0 Å². The number of carbonyl (C=O) groups excluding carboxylic acids is 1. The molecular weight excluding hydrogens is 537 g/mol. The molecule has 0 saturated heterocycles. The molecule has 0 saturated carbocycles. The molecule has 0 aliphatic rings. The zero-order valence-electron chi connectivity index (χ0n) is 18.0. The van der Waals surface area contributed by atoms with Gasteiger partial charge in [-0.1, -0.05) is 35.9 Å². The normalized spacial score (nSPS) is 10.2. The number of rotatable bonds is 3. The Hall–Kier alpha value is -3.61. The Morgan fingerprint density at radius 3 is 2.17 bits per heavy atom. The van der Waals surface area contributed by atoms with E-state index < -0.39 is 11.6 Å². The van der Waals surface area contributed by atoms with Gasteiger partial charge in [-0.05, 0) is 47.5 Å². The van der Waals surface area contributed by atoms with Crippen molar-refractivity contribution in [2.24, 2.45) is 11.7 Å². The summed E-state index contributed by atoms with van der Waals surface area (Å²) in [6, 6.07) is 11.5. The minimum atomic E-state index is -0.498. The Balaban J connectivity index is 0.000000188. The third-order valence-electron chi connectivity index (χ3n) is 4.44. The van der Waals surface area contributed by atoms with E-state index in [2.05, 4.69) is 41.8 Å². The molecule has 0 spiro atoms. The van der Waals surface area contributed by atoms with Crippen LogP contribution in [0.4, 0.5) is 8.78 Å². The van der Waals surface area contributed by atoms with Crippen molar-refractivity contribution in [2.75, 3.05) is 0 Å². The number of aromatic nitrogens is 6. The fourth-order valence-electron chi connectivity index (χ4n) is 2.93. The first kappa shape index (κ1) is 27.0. The lowest BCUT2D eigenvalue weighted by Crippen LogP contribution is -2.04. The molecular formula is C22H15Cl3F2N8O. The largest absolute Gasteiger partial charge is 0.288 e. The summed E-state index contributed by atoms with van der Waals surface area (Å²) >= 11 is 16.9. The summed E-state index contributed by atoms with van der Waals surface area (Å²) in [6.45, 7) is 0. The van der Waals surface area contributed by atoms with Crippen molar-refractivity contribution in [2.45, 2.75) is 0 Å². The van der Waals surface area contributed by atoms with Crippen LogP contribution >= 0.6 is 34.8 Å². The molecule has 9 nitrogen and oxygen atoms in total. The fraction of sp³-hybridized carbons (Fsp3) is 0. The lowest BCUT2D eigenvalue weighted by molar-refractivity contribution is 0.103. The monoisotopic (exact) mass is 550 g/mol. The molecule has 184 valence electrons. The van der Waals surface area contributed by atoms with Crippen LogP contribution in [-0.2, 0) is 0 Å². The number of hydrogen-bond acceptors (Lipinski definition) is 8. The van der Waals surface area contributed by atoms with E-state index in [1.165, 1.54) is 36.5 Å². The molecule has 3 aromatic heterocycles. The second-order valence-corrected chi connectivity index (χ2v) is 7.70. The van der Waals surface area contributed by atoms with Gasteiger partial charge in [0.05, 0.1) is 16.6 Å². The van der Waals surface area contributed by atoms with Gasteiger partial charge in [0, 0.05) is 23.5 Å². The van der Waals surface area contributed by atoms with E-state index in [9.17, 15) is 13.6 Å². The number of halogens is 5. The molecule has 0 unspecified atom stereocenters. The summed E-state index contributed by atoms with van der Waals surface area (Å²) in [5.74, 6) is 6.74. The van der Waals surface area contributed by atoms with Crippen molar-refractivity contribution in [1.29, 1.82) is 0 Å². The average Bonchev–Trinajstić information content (AvgIpc) is 3.28. The number of benzene rings is 2. The van der Waals surface area contributed by atoms with E-state index in [-0.39, 0.29) is 32.7 Å². The van der Waals surface area contributed by atoms with Gasteiger partial charge in [-0.25, -0.2) is 23.7 Å². The van der Waals surface area contributed by atoms with Crippen LogP contribution < -0.4 is 11.7 Å². The third-order valence-corrected chi connectivity index (χ3v) is 5.09. The van der Waals surface area contributed by atoms with Crippen LogP contribution in [-0.4, -0.2) is 35.9 Å². The van der Waals surface area contributed by atoms with E-state index in [4.69, 9.17) is 34.8 Å². The van der Waals surface area contributed by atoms with Gasteiger partial charge in [0.15, 0.2) is 11.4 Å². The zero-order chi connectivity index (χ0) is 26.2. The topological polar surface area (TPSA) is 149 Å². The summed E-state index contributed by atoms with van der Waals surface area (Å²) < 4.78 is 26.1. The molecule has 36 heavy (non-hydrogen) atoms. The van der Waals surface area contributed by atoms with Crippen molar-refractivity contribution in [1.82, 2.24) is 30.1 Å². The van der Waals surface area contributed by atoms with Crippen molar-refractivity contribution in [3.8, 4) is 11.3 Å². The highest BCUT2D eigenvalue weighted by Gasteiger charge is 2.15. The predicted molar refractivity (Wildman–Crippen MR) is 132 cm³/mol. The van der Waals surface area contributed by atoms with Crippen LogP contribution in [0.1, 0.15) is 15.9 Å². The molecule has 3 heterocycles. The SMILES string of the molecule is Fc1cccc(-c2[nH]nc3nc(Cl)ncc23)c1.NN.O=C(c1cccc(F)c1)c1cnc(Cl)nc1Cl. The second kappa shape index (κ2) is 12.4. The number of fused-ring (bicyclic) bond motifs is 1. The van der Waals surface area contributed by atoms with Crippen LogP contribution in [0.25, 0.3) is 22.3 Å².